The average molecular weight is 362 g/mol. The molecule has 1 aliphatic rings. The average Bonchev–Trinajstić information content (AvgIpc) is 3.14. The van der Waals surface area contributed by atoms with Crippen LogP contribution >= 0.6 is 0 Å². The number of hydrogen-bond donors (Lipinski definition) is 2. The van der Waals surface area contributed by atoms with E-state index in [0.717, 1.165) is 11.3 Å². The Labute approximate surface area is 156 Å². The van der Waals surface area contributed by atoms with Gasteiger partial charge in [0.25, 0.3) is 5.91 Å². The fraction of sp³-hybridized carbons (Fsp3) is 0.150. The Kier molecular flexibility index (Phi) is 4.33. The Bertz CT molecular complexity index is 1000. The molecule has 27 heavy (non-hydrogen) atoms. The number of anilines is 3. The summed E-state index contributed by atoms with van der Waals surface area (Å²) in [6.07, 6.45) is 0. The number of amides is 1. The molecule has 1 aliphatic heterocycles. The summed E-state index contributed by atoms with van der Waals surface area (Å²) in [4.78, 5) is 12.4. The number of nitrogens with zero attached hydrogens (tertiary/aromatic N) is 2. The summed E-state index contributed by atoms with van der Waals surface area (Å²) in [7, 11) is 0. The summed E-state index contributed by atoms with van der Waals surface area (Å²) in [6.45, 7) is 4.28. The van der Waals surface area contributed by atoms with Gasteiger partial charge in [0.2, 0.25) is 6.79 Å². The summed E-state index contributed by atoms with van der Waals surface area (Å²) in [5.41, 5.74) is 4.11. The molecule has 0 radical (unpaired) electrons. The summed E-state index contributed by atoms with van der Waals surface area (Å²) in [5.74, 6) is 1.49. The Balaban J connectivity index is 1.45. The van der Waals surface area contributed by atoms with Crippen LogP contribution in [-0.2, 0) is 0 Å². The number of carbonyl (C=O) groups is 1. The summed E-state index contributed by atoms with van der Waals surface area (Å²) < 4.78 is 10.6. The van der Waals surface area contributed by atoms with Crippen LogP contribution in [0.25, 0.3) is 0 Å². The molecule has 0 bridgehead atoms. The van der Waals surface area contributed by atoms with E-state index in [4.69, 9.17) is 9.47 Å². The van der Waals surface area contributed by atoms with Crippen LogP contribution in [0.3, 0.4) is 0 Å². The zero-order chi connectivity index (χ0) is 18.8. The van der Waals surface area contributed by atoms with Crippen molar-refractivity contribution < 1.29 is 14.3 Å². The van der Waals surface area contributed by atoms with Crippen molar-refractivity contribution in [3.63, 3.8) is 0 Å². The molecule has 0 saturated carbocycles. The highest BCUT2D eigenvalue weighted by molar-refractivity contribution is 6.03. The van der Waals surface area contributed by atoms with E-state index in [0.29, 0.717) is 23.0 Å². The number of ether oxygens (including phenoxy) is 2. The van der Waals surface area contributed by atoms with E-state index in [9.17, 15) is 4.79 Å². The fourth-order valence-electron chi connectivity index (χ4n) is 2.71. The number of benzene rings is 2. The molecular formula is C20H18N4O3. The van der Waals surface area contributed by atoms with Gasteiger partial charge in [0.1, 0.15) is 0 Å². The Morgan fingerprint density at radius 2 is 1.85 bits per heavy atom. The maximum Gasteiger partial charge on any atom is 0.276 e. The van der Waals surface area contributed by atoms with Crippen molar-refractivity contribution in [2.75, 3.05) is 17.4 Å². The third-order valence-corrected chi connectivity index (χ3v) is 4.39. The third-order valence-electron chi connectivity index (χ3n) is 4.39. The first-order valence-electron chi connectivity index (χ1n) is 8.48. The van der Waals surface area contributed by atoms with E-state index in [1.54, 1.807) is 30.3 Å². The van der Waals surface area contributed by atoms with Crippen LogP contribution in [-0.4, -0.2) is 22.9 Å². The van der Waals surface area contributed by atoms with Gasteiger partial charge in [-0.2, -0.15) is 0 Å². The summed E-state index contributed by atoms with van der Waals surface area (Å²) in [5, 5.41) is 14.1. The molecule has 7 nitrogen and oxygen atoms in total. The van der Waals surface area contributed by atoms with Gasteiger partial charge in [-0.15, -0.1) is 10.2 Å². The van der Waals surface area contributed by atoms with E-state index >= 15 is 0 Å². The number of aromatic nitrogens is 2. The Hall–Kier alpha value is -3.61. The molecule has 0 aliphatic carbocycles. The van der Waals surface area contributed by atoms with E-state index in [-0.39, 0.29) is 18.4 Å². The zero-order valence-electron chi connectivity index (χ0n) is 14.9. The monoisotopic (exact) mass is 362 g/mol. The predicted molar refractivity (Wildman–Crippen MR) is 102 cm³/mol. The lowest BCUT2D eigenvalue weighted by atomic mass is 10.1. The lowest BCUT2D eigenvalue weighted by Gasteiger charge is -2.10. The largest absolute Gasteiger partial charge is 0.454 e. The molecule has 0 atom stereocenters. The number of rotatable bonds is 4. The highest BCUT2D eigenvalue weighted by Gasteiger charge is 2.15. The van der Waals surface area contributed by atoms with Gasteiger partial charge in [-0.05, 0) is 55.3 Å². The van der Waals surface area contributed by atoms with Crippen molar-refractivity contribution in [3.05, 3.63) is 65.4 Å². The van der Waals surface area contributed by atoms with Gasteiger partial charge in [0.15, 0.2) is 23.0 Å². The maximum absolute atomic E-state index is 12.4. The number of fused-ring (bicyclic) bond motifs is 1. The maximum atomic E-state index is 12.4. The van der Waals surface area contributed by atoms with Crippen molar-refractivity contribution in [3.8, 4) is 11.5 Å². The van der Waals surface area contributed by atoms with Crippen LogP contribution in [0.15, 0.2) is 48.5 Å². The first-order chi connectivity index (χ1) is 13.1. The molecule has 4 rings (SSSR count). The number of hydrogen-bond acceptors (Lipinski definition) is 6. The molecular weight excluding hydrogens is 344 g/mol. The number of nitrogens with one attached hydrogen (secondary N) is 2. The molecule has 2 heterocycles. The van der Waals surface area contributed by atoms with Crippen LogP contribution in [0.1, 0.15) is 21.6 Å². The van der Waals surface area contributed by atoms with Crippen molar-refractivity contribution in [2.24, 2.45) is 0 Å². The molecule has 0 unspecified atom stereocenters. The quantitative estimate of drug-likeness (QED) is 0.734. The molecule has 0 spiro atoms. The van der Waals surface area contributed by atoms with E-state index < -0.39 is 0 Å². The second kappa shape index (κ2) is 6.95. The normalized spacial score (nSPS) is 11.9. The standard InChI is InChI=1S/C20H18N4O3/c1-12-4-3-5-15(13(12)2)22-19-9-7-16(23-24-19)20(25)21-14-6-8-17-18(10-14)27-11-26-17/h3-10H,11H2,1-2H3,(H,21,25)(H,22,24). The van der Waals surface area contributed by atoms with Gasteiger partial charge in [-0.3, -0.25) is 4.79 Å². The van der Waals surface area contributed by atoms with Crippen molar-refractivity contribution in [2.45, 2.75) is 13.8 Å². The van der Waals surface area contributed by atoms with Crippen molar-refractivity contribution in [1.29, 1.82) is 0 Å². The van der Waals surface area contributed by atoms with Crippen LogP contribution in [0.2, 0.25) is 0 Å². The highest BCUT2D eigenvalue weighted by Crippen LogP contribution is 2.34. The minimum Gasteiger partial charge on any atom is -0.454 e. The molecule has 0 fully saturated rings. The predicted octanol–water partition coefficient (Wildman–Crippen LogP) is 3.82. The van der Waals surface area contributed by atoms with Gasteiger partial charge in [-0.25, -0.2) is 0 Å². The van der Waals surface area contributed by atoms with Gasteiger partial charge in [0, 0.05) is 17.4 Å². The molecule has 136 valence electrons. The Morgan fingerprint density at radius 3 is 2.67 bits per heavy atom. The molecule has 2 N–H and O–H groups in total. The number of carbonyl (C=O) groups excluding carboxylic acids is 1. The van der Waals surface area contributed by atoms with E-state index in [1.807, 2.05) is 19.1 Å². The van der Waals surface area contributed by atoms with Crippen LogP contribution in [0, 0.1) is 13.8 Å². The number of aryl methyl sites for hydroxylation is 1. The summed E-state index contributed by atoms with van der Waals surface area (Å²) in [6, 6.07) is 14.6. The molecule has 3 aromatic rings. The third kappa shape index (κ3) is 3.52. The smallest absolute Gasteiger partial charge is 0.276 e. The topological polar surface area (TPSA) is 85.4 Å². The van der Waals surface area contributed by atoms with E-state index in [1.165, 1.54) is 5.56 Å². The molecule has 1 aromatic heterocycles. The SMILES string of the molecule is Cc1cccc(Nc2ccc(C(=O)Nc3ccc4c(c3)OCO4)nn2)c1C. The van der Waals surface area contributed by atoms with Gasteiger partial charge >= 0.3 is 0 Å². The van der Waals surface area contributed by atoms with Crippen LogP contribution < -0.4 is 20.1 Å². The van der Waals surface area contributed by atoms with Gasteiger partial charge in [0.05, 0.1) is 0 Å². The van der Waals surface area contributed by atoms with E-state index in [2.05, 4.69) is 33.8 Å². The fourth-order valence-corrected chi connectivity index (χ4v) is 2.71. The minimum absolute atomic E-state index is 0.188. The summed E-state index contributed by atoms with van der Waals surface area (Å²) >= 11 is 0. The first kappa shape index (κ1) is 16.8. The molecule has 0 saturated heterocycles. The lowest BCUT2D eigenvalue weighted by molar-refractivity contribution is 0.102. The molecule has 1 amide bonds. The Morgan fingerprint density at radius 1 is 1.00 bits per heavy atom. The van der Waals surface area contributed by atoms with Crippen LogP contribution in [0.5, 0.6) is 11.5 Å². The lowest BCUT2D eigenvalue weighted by Crippen LogP contribution is -2.14. The second-order valence-electron chi connectivity index (χ2n) is 6.20. The van der Waals surface area contributed by atoms with Gasteiger partial charge < -0.3 is 20.1 Å². The van der Waals surface area contributed by atoms with Crippen molar-refractivity contribution in [1.82, 2.24) is 10.2 Å². The second-order valence-corrected chi connectivity index (χ2v) is 6.20. The van der Waals surface area contributed by atoms with Crippen LogP contribution in [0.4, 0.5) is 17.2 Å². The highest BCUT2D eigenvalue weighted by atomic mass is 16.7. The molecule has 7 heteroatoms. The molecule has 2 aromatic carbocycles. The zero-order valence-corrected chi connectivity index (χ0v) is 14.9. The first-order valence-corrected chi connectivity index (χ1v) is 8.48. The van der Waals surface area contributed by atoms with Crippen molar-refractivity contribution >= 4 is 23.1 Å². The minimum atomic E-state index is -0.348. The van der Waals surface area contributed by atoms with Gasteiger partial charge in [-0.1, -0.05) is 12.1 Å².